The first-order valence-electron chi connectivity index (χ1n) is 8.41. The van der Waals surface area contributed by atoms with E-state index in [2.05, 4.69) is 0 Å². The van der Waals surface area contributed by atoms with Crippen LogP contribution >= 0.6 is 22.6 Å². The van der Waals surface area contributed by atoms with Gasteiger partial charge >= 0.3 is 0 Å². The third kappa shape index (κ3) is 9.41. The summed E-state index contributed by atoms with van der Waals surface area (Å²) in [6.07, 6.45) is 0. The Hall–Kier alpha value is -1.08. The lowest BCUT2D eigenvalue weighted by atomic mass is 10.2. The molecule has 0 bridgehead atoms. The Morgan fingerprint density at radius 1 is 0.750 bits per heavy atom. The van der Waals surface area contributed by atoms with Crippen molar-refractivity contribution in [3.63, 3.8) is 0 Å². The molecule has 160 valence electrons. The maximum absolute atomic E-state index is 12.9. The van der Waals surface area contributed by atoms with Crippen LogP contribution in [0.4, 0.5) is 4.39 Å². The van der Waals surface area contributed by atoms with Gasteiger partial charge in [0.25, 0.3) is 0 Å². The lowest BCUT2D eigenvalue weighted by Crippen LogP contribution is -2.15. The molecule has 0 unspecified atom stereocenters. The Balaban J connectivity index is 0. The third-order valence-electron chi connectivity index (χ3n) is 2.90. The molecule has 6 nitrogen and oxygen atoms in total. The van der Waals surface area contributed by atoms with Gasteiger partial charge in [0.05, 0.1) is 4.90 Å². The van der Waals surface area contributed by atoms with Gasteiger partial charge < -0.3 is 0 Å². The van der Waals surface area contributed by atoms with Crippen molar-refractivity contribution < 1.29 is 21.2 Å². The van der Waals surface area contributed by atoms with Crippen molar-refractivity contribution >= 4 is 42.6 Å². The molecule has 0 heterocycles. The van der Waals surface area contributed by atoms with E-state index in [9.17, 15) is 21.2 Å². The van der Waals surface area contributed by atoms with E-state index in [1.165, 1.54) is 19.1 Å². The molecule has 0 fully saturated rings. The minimum Gasteiger partial charge on any atom is -0.225 e. The second kappa shape index (κ2) is 13.2. The number of hydrogen-bond donors (Lipinski definition) is 2. The van der Waals surface area contributed by atoms with Crippen molar-refractivity contribution in [1.82, 2.24) is 0 Å². The van der Waals surface area contributed by atoms with Crippen molar-refractivity contribution in [2.24, 2.45) is 10.3 Å². The van der Waals surface area contributed by atoms with Gasteiger partial charge in [-0.1, -0.05) is 52.0 Å². The molecule has 2 aromatic carbocycles. The number of sulfonamides is 2. The average Bonchev–Trinajstić information content (AvgIpc) is 2.56. The quantitative estimate of drug-likeness (QED) is 0.552. The van der Waals surface area contributed by atoms with Gasteiger partial charge in [-0.2, -0.15) is 0 Å². The van der Waals surface area contributed by atoms with Crippen LogP contribution in [0.3, 0.4) is 0 Å². The molecule has 0 spiro atoms. The van der Waals surface area contributed by atoms with E-state index in [-0.39, 0.29) is 4.90 Å². The summed E-state index contributed by atoms with van der Waals surface area (Å²) in [5.74, 6) is -0.808. The molecule has 4 N–H and O–H groups in total. The highest BCUT2D eigenvalue weighted by Gasteiger charge is 2.16. The first-order valence-corrected chi connectivity index (χ1v) is 12.6. The third-order valence-corrected chi connectivity index (χ3v) is 6.36. The maximum Gasteiger partial charge on any atom is 0.241 e. The van der Waals surface area contributed by atoms with E-state index in [1.54, 1.807) is 25.1 Å². The summed E-state index contributed by atoms with van der Waals surface area (Å²) >= 11 is 1.95. The number of primary sulfonamides is 2. The van der Waals surface area contributed by atoms with Gasteiger partial charge in [-0.15, -0.1) is 0 Å². The van der Waals surface area contributed by atoms with Crippen LogP contribution < -0.4 is 10.3 Å². The molecule has 10 heteroatoms. The molecule has 2 aromatic rings. The maximum atomic E-state index is 12.9. The van der Waals surface area contributed by atoms with Crippen LogP contribution in [0.2, 0.25) is 0 Å². The molecule has 0 atom stereocenters. The van der Waals surface area contributed by atoms with Crippen molar-refractivity contribution in [3.8, 4) is 0 Å². The van der Waals surface area contributed by atoms with Crippen molar-refractivity contribution in [2.45, 2.75) is 51.3 Å². The van der Waals surface area contributed by atoms with E-state index >= 15 is 0 Å². The van der Waals surface area contributed by atoms with Crippen LogP contribution in [-0.4, -0.2) is 16.8 Å². The summed E-state index contributed by atoms with van der Waals surface area (Å²) in [4.78, 5) is -0.199. The molecule has 0 amide bonds. The Labute approximate surface area is 181 Å². The largest absolute Gasteiger partial charge is 0.241 e. The normalized spacial score (nSPS) is 10.4. The zero-order chi connectivity index (χ0) is 22.7. The van der Waals surface area contributed by atoms with Gasteiger partial charge in [0.1, 0.15) is 10.7 Å². The van der Waals surface area contributed by atoms with Crippen LogP contribution in [0, 0.1) is 23.2 Å². The van der Waals surface area contributed by atoms with Gasteiger partial charge in [0.2, 0.25) is 20.0 Å². The summed E-state index contributed by atoms with van der Waals surface area (Å²) in [6.45, 7) is 11.2. The number of halogens is 2. The summed E-state index contributed by atoms with van der Waals surface area (Å²) in [7, 11) is -7.51. The SMILES string of the molecule is CC.CC.Cc1cccc(F)c1S(N)(=O)=O.Cc1cccc(I)c1S(N)(=O)=O. The lowest BCUT2D eigenvalue weighted by molar-refractivity contribution is 0.565. The van der Waals surface area contributed by atoms with Crippen LogP contribution in [0.15, 0.2) is 46.2 Å². The first kappa shape index (κ1) is 29.1. The monoisotopic (exact) mass is 546 g/mol. The summed E-state index contributed by atoms with van der Waals surface area (Å²) in [5, 5.41) is 9.82. The number of benzene rings is 2. The van der Waals surface area contributed by atoms with Crippen LogP contribution in [-0.2, 0) is 20.0 Å². The van der Waals surface area contributed by atoms with Gasteiger partial charge in [0.15, 0.2) is 0 Å². The lowest BCUT2D eigenvalue weighted by Gasteiger charge is -2.04. The zero-order valence-electron chi connectivity index (χ0n) is 16.8. The molecule has 0 aromatic heterocycles. The van der Waals surface area contributed by atoms with E-state index in [0.717, 1.165) is 6.07 Å². The zero-order valence-corrected chi connectivity index (χ0v) is 20.6. The number of hydrogen-bond acceptors (Lipinski definition) is 4. The van der Waals surface area contributed by atoms with E-state index < -0.39 is 30.8 Å². The molecule has 28 heavy (non-hydrogen) atoms. The molecule has 0 aliphatic heterocycles. The highest BCUT2D eigenvalue weighted by atomic mass is 127. The van der Waals surface area contributed by atoms with E-state index in [1.807, 2.05) is 50.3 Å². The van der Waals surface area contributed by atoms with E-state index in [0.29, 0.717) is 14.7 Å². The standard InChI is InChI=1S/C7H8FNO2S.C7H8INO2S.2C2H6/c2*1-5-3-2-4-6(8)7(5)12(9,10)11;2*1-2/h2*2-4H,1H3,(H2,9,10,11);2*1-2H3. The molecule has 0 saturated heterocycles. The summed E-state index contributed by atoms with van der Waals surface area (Å²) < 4.78 is 57.3. The predicted molar refractivity (Wildman–Crippen MR) is 120 cm³/mol. The second-order valence-corrected chi connectivity index (χ2v) is 9.02. The van der Waals surface area contributed by atoms with Gasteiger partial charge in [-0.3, -0.25) is 0 Å². The van der Waals surface area contributed by atoms with Crippen LogP contribution in [0.1, 0.15) is 38.8 Å². The number of aryl methyl sites for hydroxylation is 2. The Bertz CT molecular complexity index is 844. The van der Waals surface area contributed by atoms with E-state index in [4.69, 9.17) is 10.3 Å². The molecule has 0 radical (unpaired) electrons. The van der Waals surface area contributed by atoms with Crippen molar-refractivity contribution in [1.29, 1.82) is 0 Å². The van der Waals surface area contributed by atoms with Gasteiger partial charge in [-0.25, -0.2) is 31.5 Å². The van der Waals surface area contributed by atoms with Gasteiger partial charge in [0, 0.05) is 3.57 Å². The topological polar surface area (TPSA) is 120 Å². The highest BCUT2D eigenvalue weighted by Crippen LogP contribution is 2.20. The smallest absolute Gasteiger partial charge is 0.225 e. The Kier molecular flexibility index (Phi) is 13.7. The average molecular weight is 546 g/mol. The van der Waals surface area contributed by atoms with Crippen LogP contribution in [0.25, 0.3) is 0 Å². The molecule has 2 rings (SSSR count). The Morgan fingerprint density at radius 2 is 1.11 bits per heavy atom. The number of rotatable bonds is 2. The Morgan fingerprint density at radius 3 is 1.36 bits per heavy atom. The molecular formula is C18H28FIN2O4S2. The van der Waals surface area contributed by atoms with Gasteiger partial charge in [-0.05, 0) is 59.7 Å². The molecule has 0 aliphatic rings. The highest BCUT2D eigenvalue weighted by molar-refractivity contribution is 14.1. The van der Waals surface area contributed by atoms with Crippen molar-refractivity contribution in [3.05, 3.63) is 56.9 Å². The van der Waals surface area contributed by atoms with Crippen LogP contribution in [0.5, 0.6) is 0 Å². The second-order valence-electron chi connectivity index (χ2n) is 4.86. The molecule has 0 aliphatic carbocycles. The number of nitrogens with two attached hydrogens (primary N) is 2. The molecule has 0 saturated carbocycles. The minimum atomic E-state index is -3.94. The first-order chi connectivity index (χ1) is 12.9. The predicted octanol–water partition coefficient (Wildman–Crippen LogP) is 4.08. The molecular weight excluding hydrogens is 518 g/mol. The summed E-state index contributed by atoms with van der Waals surface area (Å²) in [6, 6.07) is 9.22. The fourth-order valence-corrected chi connectivity index (χ4v) is 5.22. The summed E-state index contributed by atoms with van der Waals surface area (Å²) in [5.41, 5.74) is 1.00. The minimum absolute atomic E-state index is 0.227. The fraction of sp³-hybridized carbons (Fsp3) is 0.333. The fourth-order valence-electron chi connectivity index (χ4n) is 1.95. The van der Waals surface area contributed by atoms with Crippen molar-refractivity contribution in [2.75, 3.05) is 0 Å².